The fourth-order valence-corrected chi connectivity index (χ4v) is 3.91. The van der Waals surface area contributed by atoms with E-state index in [-0.39, 0.29) is 16.8 Å². The molecule has 7 heteroatoms. The van der Waals surface area contributed by atoms with Gasteiger partial charge in [-0.2, -0.15) is 0 Å². The molecule has 0 unspecified atom stereocenters. The standard InChI is InChI=1S/C19H28N2O4S/c22-19(20-12-1-13-25-14-16-2-3-16)11-6-15-4-9-18(10-5-15)26(23,24)21-17-7-8-17/h4-5,9-10,16-17,21H,1-3,6-8,11-14H2,(H,20,22). The minimum atomic E-state index is -3.41. The number of hydrogen-bond acceptors (Lipinski definition) is 4. The Morgan fingerprint density at radius 2 is 1.85 bits per heavy atom. The van der Waals surface area contributed by atoms with E-state index in [1.54, 1.807) is 24.3 Å². The lowest BCUT2D eigenvalue weighted by atomic mass is 10.1. The van der Waals surface area contributed by atoms with E-state index in [2.05, 4.69) is 10.0 Å². The van der Waals surface area contributed by atoms with Gasteiger partial charge in [0.1, 0.15) is 0 Å². The SMILES string of the molecule is O=C(CCc1ccc(S(=O)(=O)NC2CC2)cc1)NCCCOCC1CC1. The Kier molecular flexibility index (Phi) is 6.67. The average Bonchev–Trinajstić information content (AvgIpc) is 3.52. The zero-order valence-corrected chi connectivity index (χ0v) is 15.9. The van der Waals surface area contributed by atoms with Gasteiger partial charge in [0.05, 0.1) is 4.90 Å². The van der Waals surface area contributed by atoms with Crippen LogP contribution in [0, 0.1) is 5.92 Å². The van der Waals surface area contributed by atoms with E-state index in [1.165, 1.54) is 12.8 Å². The molecular formula is C19H28N2O4S. The van der Waals surface area contributed by atoms with Crippen LogP contribution in [0.15, 0.2) is 29.2 Å². The summed E-state index contributed by atoms with van der Waals surface area (Å²) in [5.74, 6) is 0.787. The van der Waals surface area contributed by atoms with Crippen molar-refractivity contribution < 1.29 is 17.9 Å². The molecule has 2 N–H and O–H groups in total. The quantitative estimate of drug-likeness (QED) is 0.543. The summed E-state index contributed by atoms with van der Waals surface area (Å²) < 4.78 is 32.4. The molecule has 0 aliphatic heterocycles. The Balaban J connectivity index is 1.31. The van der Waals surface area contributed by atoms with Crippen LogP contribution in [-0.2, 0) is 26.0 Å². The summed E-state index contributed by atoms with van der Waals surface area (Å²) in [7, 11) is -3.41. The van der Waals surface area contributed by atoms with Crippen LogP contribution < -0.4 is 10.0 Å². The molecule has 0 bridgehead atoms. The Labute approximate surface area is 155 Å². The lowest BCUT2D eigenvalue weighted by Crippen LogP contribution is -2.26. The number of ether oxygens (including phenoxy) is 1. The molecule has 2 aliphatic rings. The van der Waals surface area contributed by atoms with Crippen molar-refractivity contribution in [3.05, 3.63) is 29.8 Å². The molecule has 0 aromatic heterocycles. The average molecular weight is 381 g/mol. The van der Waals surface area contributed by atoms with Gasteiger partial charge in [-0.15, -0.1) is 0 Å². The van der Waals surface area contributed by atoms with Crippen LogP contribution in [0.4, 0.5) is 0 Å². The van der Waals surface area contributed by atoms with Crippen molar-refractivity contribution in [2.75, 3.05) is 19.8 Å². The third-order valence-electron chi connectivity index (χ3n) is 4.61. The fourth-order valence-electron chi connectivity index (χ4n) is 2.61. The first-order chi connectivity index (χ1) is 12.5. The van der Waals surface area contributed by atoms with Crippen LogP contribution in [0.5, 0.6) is 0 Å². The molecule has 6 nitrogen and oxygen atoms in total. The van der Waals surface area contributed by atoms with E-state index in [0.29, 0.717) is 26.0 Å². The number of carbonyl (C=O) groups excluding carboxylic acids is 1. The van der Waals surface area contributed by atoms with Gasteiger partial charge in [-0.25, -0.2) is 13.1 Å². The predicted molar refractivity (Wildman–Crippen MR) is 99.3 cm³/mol. The first kappa shape index (κ1) is 19.3. The van der Waals surface area contributed by atoms with Crippen LogP contribution in [0.1, 0.15) is 44.1 Å². The van der Waals surface area contributed by atoms with Gasteiger partial charge in [-0.05, 0) is 62.1 Å². The number of aryl methyl sites for hydroxylation is 1. The molecule has 1 aromatic carbocycles. The normalized spacial score (nSPS) is 17.2. The number of nitrogens with one attached hydrogen (secondary N) is 2. The van der Waals surface area contributed by atoms with Crippen molar-refractivity contribution >= 4 is 15.9 Å². The van der Waals surface area contributed by atoms with Gasteiger partial charge in [0.25, 0.3) is 0 Å². The molecule has 2 aliphatic carbocycles. The number of carbonyl (C=O) groups is 1. The van der Waals surface area contributed by atoms with E-state index in [0.717, 1.165) is 37.4 Å². The van der Waals surface area contributed by atoms with Crippen molar-refractivity contribution in [1.82, 2.24) is 10.0 Å². The van der Waals surface area contributed by atoms with Gasteiger partial charge in [-0.1, -0.05) is 12.1 Å². The van der Waals surface area contributed by atoms with Gasteiger partial charge in [-0.3, -0.25) is 4.79 Å². The first-order valence-corrected chi connectivity index (χ1v) is 11.0. The van der Waals surface area contributed by atoms with E-state index in [4.69, 9.17) is 4.74 Å². The van der Waals surface area contributed by atoms with Crippen molar-refractivity contribution in [3.8, 4) is 0 Å². The molecule has 1 aromatic rings. The molecule has 3 rings (SSSR count). The molecule has 0 spiro atoms. The molecule has 0 saturated heterocycles. The third kappa shape index (κ3) is 6.70. The number of sulfonamides is 1. The van der Waals surface area contributed by atoms with Crippen molar-refractivity contribution in [3.63, 3.8) is 0 Å². The second-order valence-electron chi connectivity index (χ2n) is 7.26. The number of benzene rings is 1. The summed E-state index contributed by atoms with van der Waals surface area (Å²) in [4.78, 5) is 12.1. The molecular weight excluding hydrogens is 352 g/mol. The summed E-state index contributed by atoms with van der Waals surface area (Å²) in [6.07, 6.45) is 6.24. The second kappa shape index (κ2) is 8.97. The Morgan fingerprint density at radius 1 is 1.12 bits per heavy atom. The summed E-state index contributed by atoms with van der Waals surface area (Å²) in [5.41, 5.74) is 0.957. The van der Waals surface area contributed by atoms with E-state index in [9.17, 15) is 13.2 Å². The third-order valence-corrected chi connectivity index (χ3v) is 6.15. The molecule has 0 atom stereocenters. The number of amides is 1. The monoisotopic (exact) mass is 380 g/mol. The smallest absolute Gasteiger partial charge is 0.240 e. The number of hydrogen-bond donors (Lipinski definition) is 2. The minimum absolute atomic E-state index is 0.0132. The largest absolute Gasteiger partial charge is 0.381 e. The van der Waals surface area contributed by atoms with Crippen LogP contribution in [0.3, 0.4) is 0 Å². The second-order valence-corrected chi connectivity index (χ2v) is 8.98. The van der Waals surface area contributed by atoms with Crippen LogP contribution in [0.25, 0.3) is 0 Å². The lowest BCUT2D eigenvalue weighted by Gasteiger charge is -2.08. The van der Waals surface area contributed by atoms with E-state index in [1.807, 2.05) is 0 Å². The zero-order valence-electron chi connectivity index (χ0n) is 15.1. The van der Waals surface area contributed by atoms with Crippen molar-refractivity contribution in [1.29, 1.82) is 0 Å². The molecule has 0 heterocycles. The van der Waals surface area contributed by atoms with E-state index >= 15 is 0 Å². The minimum Gasteiger partial charge on any atom is -0.381 e. The Morgan fingerprint density at radius 3 is 2.50 bits per heavy atom. The highest BCUT2D eigenvalue weighted by molar-refractivity contribution is 7.89. The zero-order chi connectivity index (χ0) is 18.4. The van der Waals surface area contributed by atoms with Gasteiger partial charge in [0, 0.05) is 32.2 Å². The van der Waals surface area contributed by atoms with Crippen molar-refractivity contribution in [2.24, 2.45) is 5.92 Å². The highest BCUT2D eigenvalue weighted by atomic mass is 32.2. The molecule has 2 fully saturated rings. The topological polar surface area (TPSA) is 84.5 Å². The summed E-state index contributed by atoms with van der Waals surface area (Å²) in [5, 5.41) is 2.90. The van der Waals surface area contributed by atoms with Crippen LogP contribution >= 0.6 is 0 Å². The van der Waals surface area contributed by atoms with Crippen LogP contribution in [-0.4, -0.2) is 40.1 Å². The number of rotatable bonds is 12. The van der Waals surface area contributed by atoms with Gasteiger partial charge >= 0.3 is 0 Å². The Hall–Kier alpha value is -1.44. The molecule has 26 heavy (non-hydrogen) atoms. The fraction of sp³-hybridized carbons (Fsp3) is 0.632. The molecule has 2 saturated carbocycles. The molecule has 144 valence electrons. The lowest BCUT2D eigenvalue weighted by molar-refractivity contribution is -0.121. The van der Waals surface area contributed by atoms with Crippen molar-refractivity contribution in [2.45, 2.75) is 55.9 Å². The Bertz CT molecular complexity index is 695. The maximum atomic E-state index is 12.1. The first-order valence-electron chi connectivity index (χ1n) is 9.49. The molecule has 1 amide bonds. The summed E-state index contributed by atoms with van der Waals surface area (Å²) in [6.45, 7) is 2.19. The van der Waals surface area contributed by atoms with Gasteiger partial charge in [0.2, 0.25) is 15.9 Å². The van der Waals surface area contributed by atoms with E-state index < -0.39 is 10.0 Å². The molecule has 0 radical (unpaired) electrons. The maximum Gasteiger partial charge on any atom is 0.240 e. The highest BCUT2D eigenvalue weighted by Crippen LogP contribution is 2.28. The van der Waals surface area contributed by atoms with Crippen LogP contribution in [0.2, 0.25) is 0 Å². The van der Waals surface area contributed by atoms with Gasteiger partial charge in [0.15, 0.2) is 0 Å². The predicted octanol–water partition coefficient (Wildman–Crippen LogP) is 1.99. The summed E-state index contributed by atoms with van der Waals surface area (Å²) in [6, 6.07) is 6.87. The summed E-state index contributed by atoms with van der Waals surface area (Å²) >= 11 is 0. The highest BCUT2D eigenvalue weighted by Gasteiger charge is 2.27. The van der Waals surface area contributed by atoms with Gasteiger partial charge < -0.3 is 10.1 Å². The maximum absolute atomic E-state index is 12.1.